The van der Waals surface area contributed by atoms with Gasteiger partial charge >= 0.3 is 11.9 Å². The Morgan fingerprint density at radius 1 is 1.43 bits per heavy atom. The summed E-state index contributed by atoms with van der Waals surface area (Å²) in [4.78, 5) is 22.9. The van der Waals surface area contributed by atoms with Crippen LogP contribution in [0.4, 0.5) is 0 Å². The topological polar surface area (TPSA) is 107 Å². The van der Waals surface area contributed by atoms with Gasteiger partial charge in [-0.2, -0.15) is 0 Å². The Morgan fingerprint density at radius 2 is 2.29 bits per heavy atom. The van der Waals surface area contributed by atoms with E-state index in [2.05, 4.69) is 15.5 Å². The summed E-state index contributed by atoms with van der Waals surface area (Å²) in [7, 11) is 0. The number of nitrogens with one attached hydrogen (secondary N) is 1. The molecule has 0 aliphatic heterocycles. The molecule has 1 amide bonds. The van der Waals surface area contributed by atoms with Crippen LogP contribution in [0, 0.1) is 0 Å². The van der Waals surface area contributed by atoms with Crippen molar-refractivity contribution in [3.8, 4) is 0 Å². The first-order valence-electron chi connectivity index (χ1n) is 6.11. The molecule has 1 N–H and O–H groups in total. The molecule has 2 aromatic rings. The first kappa shape index (κ1) is 15.1. The van der Waals surface area contributed by atoms with Crippen LogP contribution in [0.15, 0.2) is 32.5 Å². The lowest BCUT2D eigenvalue weighted by Gasteiger charge is -2.00. The Morgan fingerprint density at radius 3 is 3.00 bits per heavy atom. The molecular weight excluding hydrogens is 298 g/mol. The van der Waals surface area contributed by atoms with Crippen molar-refractivity contribution in [2.24, 2.45) is 0 Å². The normalized spacial score (nSPS) is 10.3. The minimum absolute atomic E-state index is 0.0885. The van der Waals surface area contributed by atoms with Gasteiger partial charge in [-0.3, -0.25) is 4.79 Å². The number of hydrogen-bond donors (Lipinski definition) is 1. The predicted molar refractivity (Wildman–Crippen MR) is 71.5 cm³/mol. The summed E-state index contributed by atoms with van der Waals surface area (Å²) in [5.41, 5.74) is 0. The third-order valence-electron chi connectivity index (χ3n) is 2.22. The van der Waals surface area contributed by atoms with Crippen LogP contribution in [0.25, 0.3) is 0 Å². The van der Waals surface area contributed by atoms with Gasteiger partial charge in [0.05, 0.1) is 25.2 Å². The maximum absolute atomic E-state index is 11.6. The lowest BCUT2D eigenvalue weighted by molar-refractivity contribution is -0.118. The molecular formula is C12H13N3O5S. The number of nitrogens with zero attached hydrogens (tertiary/aromatic N) is 2. The largest absolute Gasteiger partial charge is 0.467 e. The van der Waals surface area contributed by atoms with Crippen LogP contribution in [0.5, 0.6) is 0 Å². The molecule has 0 bridgehead atoms. The number of thioether (sulfide) groups is 1. The standard InChI is InChI=1S/C12H13N3O5S/c1-2-18-11(17)10-14-15-12(20-10)21-7-9(16)13-6-8-4-3-5-19-8/h3-5H,2,6-7H2,1H3,(H,13,16). The van der Waals surface area contributed by atoms with Crippen LogP contribution in [-0.4, -0.2) is 34.4 Å². The fourth-order valence-corrected chi connectivity index (χ4v) is 1.91. The Hall–Kier alpha value is -2.29. The van der Waals surface area contributed by atoms with E-state index in [1.54, 1.807) is 19.1 Å². The lowest BCUT2D eigenvalue weighted by atomic mass is 10.4. The van der Waals surface area contributed by atoms with Crippen LogP contribution in [-0.2, 0) is 16.1 Å². The number of esters is 1. The number of rotatable bonds is 7. The molecule has 0 atom stereocenters. The van der Waals surface area contributed by atoms with E-state index in [-0.39, 0.29) is 29.4 Å². The monoisotopic (exact) mass is 311 g/mol. The summed E-state index contributed by atoms with van der Waals surface area (Å²) >= 11 is 1.03. The molecule has 112 valence electrons. The molecule has 0 spiro atoms. The van der Waals surface area contributed by atoms with Gasteiger partial charge in [-0.25, -0.2) is 4.79 Å². The average molecular weight is 311 g/mol. The number of furan rings is 1. The van der Waals surface area contributed by atoms with Gasteiger partial charge in [-0.05, 0) is 19.1 Å². The third kappa shape index (κ3) is 4.63. The minimum atomic E-state index is -0.681. The zero-order chi connectivity index (χ0) is 15.1. The smallest absolute Gasteiger partial charge is 0.396 e. The van der Waals surface area contributed by atoms with E-state index in [1.807, 2.05) is 0 Å². The van der Waals surface area contributed by atoms with Crippen molar-refractivity contribution in [1.29, 1.82) is 0 Å². The molecule has 9 heteroatoms. The van der Waals surface area contributed by atoms with Gasteiger partial charge in [0.25, 0.3) is 5.22 Å². The molecule has 8 nitrogen and oxygen atoms in total. The second-order valence-corrected chi connectivity index (χ2v) is 4.66. The van der Waals surface area contributed by atoms with E-state index >= 15 is 0 Å². The van der Waals surface area contributed by atoms with E-state index < -0.39 is 5.97 Å². The molecule has 21 heavy (non-hydrogen) atoms. The van der Waals surface area contributed by atoms with Crippen molar-refractivity contribution in [2.75, 3.05) is 12.4 Å². The molecule has 2 aromatic heterocycles. The molecule has 0 unspecified atom stereocenters. The molecule has 0 radical (unpaired) electrons. The van der Waals surface area contributed by atoms with Gasteiger partial charge in [0.15, 0.2) is 0 Å². The number of carbonyl (C=O) groups is 2. The second-order valence-electron chi connectivity index (χ2n) is 3.74. The summed E-state index contributed by atoms with van der Waals surface area (Å²) in [6, 6.07) is 3.50. The van der Waals surface area contributed by atoms with E-state index in [0.29, 0.717) is 12.3 Å². The molecule has 0 fully saturated rings. The van der Waals surface area contributed by atoms with Crippen molar-refractivity contribution < 1.29 is 23.2 Å². The highest BCUT2D eigenvalue weighted by atomic mass is 32.2. The molecule has 0 aromatic carbocycles. The molecule has 2 rings (SSSR count). The maximum Gasteiger partial charge on any atom is 0.396 e. The fraction of sp³-hybridized carbons (Fsp3) is 0.333. The Bertz CT molecular complexity index is 596. The third-order valence-corrected chi connectivity index (χ3v) is 3.04. The summed E-state index contributed by atoms with van der Waals surface area (Å²) in [6.45, 7) is 2.20. The first-order valence-corrected chi connectivity index (χ1v) is 7.10. The summed E-state index contributed by atoms with van der Waals surface area (Å²) in [5, 5.41) is 9.99. The van der Waals surface area contributed by atoms with Gasteiger partial charge in [0.2, 0.25) is 5.91 Å². The van der Waals surface area contributed by atoms with Crippen molar-refractivity contribution in [3.05, 3.63) is 30.0 Å². The van der Waals surface area contributed by atoms with E-state index in [0.717, 1.165) is 11.8 Å². The van der Waals surface area contributed by atoms with Gasteiger partial charge < -0.3 is 18.9 Å². The number of hydrogen-bond acceptors (Lipinski definition) is 8. The molecule has 2 heterocycles. The van der Waals surface area contributed by atoms with Crippen molar-refractivity contribution in [1.82, 2.24) is 15.5 Å². The molecule has 0 saturated heterocycles. The van der Waals surface area contributed by atoms with Gasteiger partial charge in [-0.1, -0.05) is 16.9 Å². The average Bonchev–Trinajstić information content (AvgIpc) is 3.14. The maximum atomic E-state index is 11.6. The van der Waals surface area contributed by atoms with Crippen LogP contribution >= 0.6 is 11.8 Å². The highest BCUT2D eigenvalue weighted by molar-refractivity contribution is 7.99. The zero-order valence-corrected chi connectivity index (χ0v) is 12.0. The van der Waals surface area contributed by atoms with E-state index in [1.165, 1.54) is 6.26 Å². The molecule has 0 saturated carbocycles. The van der Waals surface area contributed by atoms with Crippen LogP contribution < -0.4 is 5.32 Å². The van der Waals surface area contributed by atoms with E-state index in [4.69, 9.17) is 13.6 Å². The Balaban J connectivity index is 1.75. The number of amides is 1. The molecule has 0 aliphatic rings. The number of aromatic nitrogens is 2. The second kappa shape index (κ2) is 7.48. The first-order chi connectivity index (χ1) is 10.2. The fourth-order valence-electron chi connectivity index (χ4n) is 1.32. The van der Waals surface area contributed by atoms with E-state index in [9.17, 15) is 9.59 Å². The number of carbonyl (C=O) groups excluding carboxylic acids is 2. The predicted octanol–water partition coefficient (Wildman–Crippen LogP) is 1.25. The van der Waals surface area contributed by atoms with Gasteiger partial charge in [0, 0.05) is 0 Å². The van der Waals surface area contributed by atoms with Crippen LogP contribution in [0.1, 0.15) is 23.4 Å². The van der Waals surface area contributed by atoms with Crippen molar-refractivity contribution >= 4 is 23.6 Å². The SMILES string of the molecule is CCOC(=O)c1nnc(SCC(=O)NCc2ccco2)o1. The Kier molecular flexibility index (Phi) is 5.38. The Labute approximate surface area is 124 Å². The summed E-state index contributed by atoms with van der Waals surface area (Å²) in [5.74, 6) is -0.372. The summed E-state index contributed by atoms with van der Waals surface area (Å²) < 4.78 is 14.9. The van der Waals surface area contributed by atoms with Crippen LogP contribution in [0.3, 0.4) is 0 Å². The molecule has 0 aliphatic carbocycles. The van der Waals surface area contributed by atoms with Crippen molar-refractivity contribution in [2.45, 2.75) is 18.7 Å². The number of ether oxygens (including phenoxy) is 1. The zero-order valence-electron chi connectivity index (χ0n) is 11.2. The highest BCUT2D eigenvalue weighted by Gasteiger charge is 2.16. The minimum Gasteiger partial charge on any atom is -0.467 e. The van der Waals surface area contributed by atoms with Crippen molar-refractivity contribution in [3.63, 3.8) is 0 Å². The van der Waals surface area contributed by atoms with Gasteiger partial charge in [-0.15, -0.1) is 5.10 Å². The lowest BCUT2D eigenvalue weighted by Crippen LogP contribution is -2.24. The van der Waals surface area contributed by atoms with Crippen LogP contribution in [0.2, 0.25) is 0 Å². The van der Waals surface area contributed by atoms with Gasteiger partial charge in [0.1, 0.15) is 5.76 Å². The summed E-state index contributed by atoms with van der Waals surface area (Å²) in [6.07, 6.45) is 1.53. The quantitative estimate of drug-likeness (QED) is 0.601. The highest BCUT2D eigenvalue weighted by Crippen LogP contribution is 2.16.